The molecule has 0 aliphatic carbocycles. The second-order valence-corrected chi connectivity index (χ2v) is 25.1. The summed E-state index contributed by atoms with van der Waals surface area (Å²) in [5.74, 6) is 2.82. The van der Waals surface area contributed by atoms with Gasteiger partial charge in [-0.25, -0.2) is 9.59 Å². The number of nitrogens with zero attached hydrogens (tertiary/aromatic N) is 3. The fourth-order valence-corrected chi connectivity index (χ4v) is 14.2. The van der Waals surface area contributed by atoms with Crippen LogP contribution in [0.15, 0.2) is 144 Å². The van der Waals surface area contributed by atoms with Crippen LogP contribution in [0.5, 0.6) is 23.0 Å². The Morgan fingerprint density at radius 2 is 0.952 bits per heavy atom. The summed E-state index contributed by atoms with van der Waals surface area (Å²) in [6, 6.07) is 38.1. The number of hydrogen-bond donors (Lipinski definition) is 3. The minimum atomic E-state index is -0.649. The third-order valence-corrected chi connectivity index (χ3v) is 19.5. The summed E-state index contributed by atoms with van der Waals surface area (Å²) < 4.78 is 34.8. The highest BCUT2D eigenvalue weighted by molar-refractivity contribution is 9.11. The molecular formula is C65H65BrN6O11S. The predicted molar refractivity (Wildman–Crippen MR) is 323 cm³/mol. The van der Waals surface area contributed by atoms with Crippen molar-refractivity contribution in [1.29, 1.82) is 0 Å². The zero-order valence-electron chi connectivity index (χ0n) is 46.6. The van der Waals surface area contributed by atoms with E-state index in [1.54, 1.807) is 52.3 Å². The number of ether oxygens (including phenoxy) is 4. The number of nitrogens with two attached hydrogens (primary N) is 3. The van der Waals surface area contributed by atoms with Crippen molar-refractivity contribution in [2.75, 3.05) is 66.2 Å². The number of carbonyl (C=O) groups is 3. The lowest BCUT2D eigenvalue weighted by atomic mass is 9.74. The molecular weight excluding hydrogens is 1150 g/mol. The summed E-state index contributed by atoms with van der Waals surface area (Å²) in [7, 11) is 1.51. The van der Waals surface area contributed by atoms with Crippen LogP contribution in [0.4, 0.5) is 0 Å². The molecule has 5 aromatic carbocycles. The van der Waals surface area contributed by atoms with E-state index in [9.17, 15) is 24.0 Å². The molecule has 3 fully saturated rings. The van der Waals surface area contributed by atoms with Gasteiger partial charge in [0, 0.05) is 103 Å². The number of para-hydroxylation sites is 2. The third-order valence-electron chi connectivity index (χ3n) is 17.9. The number of fused-ring (bicyclic) bond motifs is 8. The molecule has 6 aliphatic heterocycles. The van der Waals surface area contributed by atoms with E-state index in [0.29, 0.717) is 87.9 Å². The van der Waals surface area contributed by atoms with E-state index < -0.39 is 11.3 Å². The quantitative estimate of drug-likeness (QED) is 0.126. The minimum absolute atomic E-state index is 0.0350. The van der Waals surface area contributed by atoms with Crippen molar-refractivity contribution >= 4 is 66.9 Å². The van der Waals surface area contributed by atoms with Crippen LogP contribution in [-0.2, 0) is 35.9 Å². The molecule has 434 valence electrons. The van der Waals surface area contributed by atoms with E-state index in [-0.39, 0.29) is 45.1 Å². The normalized spacial score (nSPS) is 17.5. The van der Waals surface area contributed by atoms with Crippen LogP contribution in [-0.4, -0.2) is 98.6 Å². The van der Waals surface area contributed by atoms with Crippen molar-refractivity contribution in [2.24, 2.45) is 17.2 Å². The lowest BCUT2D eigenvalue weighted by Crippen LogP contribution is -2.46. The van der Waals surface area contributed by atoms with Crippen LogP contribution >= 0.6 is 27.3 Å². The van der Waals surface area contributed by atoms with Gasteiger partial charge in [-0.05, 0) is 126 Å². The van der Waals surface area contributed by atoms with Gasteiger partial charge in [-0.15, -0.1) is 11.3 Å². The van der Waals surface area contributed by atoms with Crippen molar-refractivity contribution in [3.63, 3.8) is 0 Å². The Morgan fingerprint density at radius 3 is 1.39 bits per heavy atom. The number of thiophene rings is 1. The lowest BCUT2D eigenvalue weighted by Gasteiger charge is -2.38. The number of likely N-dealkylation sites (tertiary alicyclic amines) is 3. The summed E-state index contributed by atoms with van der Waals surface area (Å²) in [6.07, 6.45) is 5.00. The molecule has 0 radical (unpaired) electrons. The first-order valence-electron chi connectivity index (χ1n) is 28.4. The van der Waals surface area contributed by atoms with Crippen LogP contribution in [0.1, 0.15) is 102 Å². The number of benzene rings is 5. The molecule has 9 heterocycles. The first kappa shape index (κ1) is 56.7. The smallest absolute Gasteiger partial charge is 0.349 e. The highest BCUT2D eigenvalue weighted by atomic mass is 79.9. The monoisotopic (exact) mass is 1220 g/mol. The molecule has 14 rings (SSSR count). The largest absolute Gasteiger partial charge is 0.493 e. The summed E-state index contributed by atoms with van der Waals surface area (Å²) >= 11 is 4.92. The molecule has 0 atom stereocenters. The zero-order valence-corrected chi connectivity index (χ0v) is 49.0. The highest BCUT2D eigenvalue weighted by Crippen LogP contribution is 2.49. The van der Waals surface area contributed by atoms with Gasteiger partial charge in [0.15, 0.2) is 11.3 Å². The van der Waals surface area contributed by atoms with Crippen molar-refractivity contribution in [2.45, 2.75) is 74.4 Å². The molecule has 0 unspecified atom stereocenters. The molecule has 0 bridgehead atoms. The molecule has 84 heavy (non-hydrogen) atoms. The third kappa shape index (κ3) is 10.6. The van der Waals surface area contributed by atoms with E-state index in [1.807, 2.05) is 65.6 Å². The zero-order chi connectivity index (χ0) is 58.3. The number of amides is 3. The van der Waals surface area contributed by atoms with E-state index in [0.717, 1.165) is 99.6 Å². The van der Waals surface area contributed by atoms with E-state index in [1.165, 1.54) is 35.1 Å². The molecule has 3 aromatic heterocycles. The molecule has 0 saturated carbocycles. The van der Waals surface area contributed by atoms with Gasteiger partial charge >= 0.3 is 11.3 Å². The minimum Gasteiger partial charge on any atom is -0.493 e. The molecule has 19 heteroatoms. The second kappa shape index (κ2) is 23.3. The van der Waals surface area contributed by atoms with Gasteiger partial charge in [0.1, 0.15) is 34.0 Å². The number of methoxy groups -OCH3 is 1. The van der Waals surface area contributed by atoms with Crippen LogP contribution in [0.2, 0.25) is 0 Å². The molecule has 6 aliphatic rings. The average molecular weight is 1220 g/mol. The van der Waals surface area contributed by atoms with Crippen LogP contribution in [0.25, 0.3) is 21.9 Å². The predicted octanol–water partition coefficient (Wildman–Crippen LogP) is 9.18. The van der Waals surface area contributed by atoms with E-state index in [2.05, 4.69) is 34.1 Å². The Balaban J connectivity index is 0.000000125. The van der Waals surface area contributed by atoms with E-state index >= 15 is 0 Å². The lowest BCUT2D eigenvalue weighted by molar-refractivity contribution is 0.0635. The Morgan fingerprint density at radius 1 is 0.524 bits per heavy atom. The van der Waals surface area contributed by atoms with Crippen LogP contribution < -0.4 is 47.4 Å². The van der Waals surface area contributed by atoms with Gasteiger partial charge in [0.25, 0.3) is 17.7 Å². The molecule has 3 spiro atoms. The van der Waals surface area contributed by atoms with Gasteiger partial charge in [0.2, 0.25) is 0 Å². The van der Waals surface area contributed by atoms with Crippen molar-refractivity contribution < 1.29 is 42.2 Å². The topological polar surface area (TPSA) is 236 Å². The standard InChI is InChI=1S/C24H24N2O5.C23H22N2O4.C18H19BrN2O2S/c1-29-20-4-2-3-16-12-17(23(28)31-21(16)20)22(27)26-9-7-24(8-10-26)14-30-19-6-5-15(13-25)11-18(19)24;24-13-15-5-6-20-18(11-15)23(14-28-20)7-9-25(10-8-23)21(26)17-12-16-3-1-2-4-19(16)29-22(17)27;19-16-4-3-15(24-16)17(22)21-7-5-18(6-8-21)11-23-14-2-1-12(10-20)9-13(14)18/h2-6,11-12H,7-10,13-14,25H2,1H3;1-6,11-12H,7-10,13-14,24H2;1-4,9H,5-8,10-11,20H2. The number of rotatable bonds is 7. The van der Waals surface area contributed by atoms with Crippen molar-refractivity contribution in [1.82, 2.24) is 14.7 Å². The number of halogens is 1. The fourth-order valence-electron chi connectivity index (χ4n) is 12.8. The Bertz CT molecular complexity index is 3970. The van der Waals surface area contributed by atoms with Crippen LogP contribution in [0, 0.1) is 0 Å². The molecule has 17 nitrogen and oxygen atoms in total. The molecule has 6 N–H and O–H groups in total. The summed E-state index contributed by atoms with van der Waals surface area (Å²) in [5, 5.41) is 1.40. The van der Waals surface area contributed by atoms with Gasteiger partial charge in [-0.2, -0.15) is 0 Å². The highest BCUT2D eigenvalue weighted by Gasteiger charge is 2.47. The number of carbonyl (C=O) groups excluding carboxylic acids is 3. The summed E-state index contributed by atoms with van der Waals surface area (Å²) in [4.78, 5) is 70.0. The molecule has 3 saturated heterocycles. The maximum atomic E-state index is 13.2. The SMILES string of the molecule is COc1cccc2cc(C(=O)N3CCC4(CC3)COc3ccc(CN)cc34)c(=O)oc12.NCc1ccc2c(c1)C1(CCN(C(=O)c3cc4ccccc4oc3=O)CC1)CO2.NCc1ccc2c(c1)C1(CCN(C(=O)c3ccc(Br)s3)CC1)CO2. The number of hydrogen-bond acceptors (Lipinski definition) is 15. The Labute approximate surface area is 497 Å². The van der Waals surface area contributed by atoms with Gasteiger partial charge in [-0.1, -0.05) is 66.7 Å². The maximum absolute atomic E-state index is 13.2. The molecule has 3 amide bonds. The summed E-state index contributed by atoms with van der Waals surface area (Å²) in [6.45, 7) is 7.23. The van der Waals surface area contributed by atoms with E-state index in [4.69, 9.17) is 45.0 Å². The summed E-state index contributed by atoms with van der Waals surface area (Å²) in [5.41, 5.74) is 23.9. The molecule has 8 aromatic rings. The Kier molecular flexibility index (Phi) is 15.7. The van der Waals surface area contributed by atoms with Gasteiger partial charge in [-0.3, -0.25) is 14.4 Å². The van der Waals surface area contributed by atoms with Crippen molar-refractivity contribution in [3.05, 3.63) is 195 Å². The maximum Gasteiger partial charge on any atom is 0.349 e. The van der Waals surface area contributed by atoms with Gasteiger partial charge < -0.3 is 59.7 Å². The number of piperidine rings is 3. The van der Waals surface area contributed by atoms with Gasteiger partial charge in [0.05, 0.1) is 35.6 Å². The average Bonchev–Trinajstić information content (AvgIpc) is 4.46. The Hall–Kier alpha value is -7.81. The van der Waals surface area contributed by atoms with Crippen LogP contribution in [0.3, 0.4) is 0 Å². The fraction of sp³-hybridized carbons (Fsp3) is 0.338. The first-order chi connectivity index (χ1) is 40.7. The first-order valence-corrected chi connectivity index (χ1v) is 30.0. The second-order valence-electron chi connectivity index (χ2n) is 22.6. The van der Waals surface area contributed by atoms with Crippen molar-refractivity contribution in [3.8, 4) is 23.0 Å².